The van der Waals surface area contributed by atoms with Crippen molar-refractivity contribution in [1.82, 2.24) is 15.2 Å². The third-order valence-corrected chi connectivity index (χ3v) is 5.58. The lowest BCUT2D eigenvalue weighted by molar-refractivity contribution is -0.141. The van der Waals surface area contributed by atoms with Crippen LogP contribution in [0.2, 0.25) is 0 Å². The summed E-state index contributed by atoms with van der Waals surface area (Å²) < 4.78 is 0. The molecule has 5 heteroatoms. The smallest absolute Gasteiger partial charge is 0.247 e. The molecule has 0 fully saturated rings. The van der Waals surface area contributed by atoms with Crippen molar-refractivity contribution in [2.75, 3.05) is 0 Å². The van der Waals surface area contributed by atoms with Gasteiger partial charge in [-0.15, -0.1) is 0 Å². The van der Waals surface area contributed by atoms with Gasteiger partial charge in [-0.2, -0.15) is 0 Å². The summed E-state index contributed by atoms with van der Waals surface area (Å²) in [6.45, 7) is 0.661. The molecule has 0 saturated heterocycles. The predicted molar refractivity (Wildman–Crippen MR) is 132 cm³/mol. The van der Waals surface area contributed by atoms with Crippen LogP contribution in [0.15, 0.2) is 116 Å². The summed E-state index contributed by atoms with van der Waals surface area (Å²) in [5.41, 5.74) is 3.54. The predicted octanol–water partition coefficient (Wildman–Crippen LogP) is 4.71. The first-order valence-corrected chi connectivity index (χ1v) is 11.3. The maximum atomic E-state index is 13.6. The number of hydrogen-bond donors (Lipinski definition) is 1. The molecule has 0 aliphatic carbocycles. The number of pyridine rings is 1. The van der Waals surface area contributed by atoms with Gasteiger partial charge in [-0.25, -0.2) is 0 Å². The molecule has 3 aromatic carbocycles. The molecule has 2 amide bonds. The minimum atomic E-state index is -0.769. The van der Waals surface area contributed by atoms with Crippen LogP contribution in [0.3, 0.4) is 0 Å². The standard InChI is InChI=1S/C29H27N3O2/c33-27(19-23-11-4-1-5-12-23)32(22-24-13-6-2-7-14-24)28(26-16-8-3-9-17-26)29(34)31-21-25-15-10-18-30-20-25/h1-18,20,28H,19,21-22H2,(H,31,34). The number of benzene rings is 3. The summed E-state index contributed by atoms with van der Waals surface area (Å²) in [6.07, 6.45) is 3.63. The summed E-state index contributed by atoms with van der Waals surface area (Å²) in [5.74, 6) is -0.340. The Morgan fingerprint density at radius 2 is 1.32 bits per heavy atom. The second kappa shape index (κ2) is 11.6. The molecule has 34 heavy (non-hydrogen) atoms. The molecule has 5 nitrogen and oxygen atoms in total. The Morgan fingerprint density at radius 3 is 1.94 bits per heavy atom. The lowest BCUT2D eigenvalue weighted by Gasteiger charge is -2.32. The molecule has 0 saturated carbocycles. The van der Waals surface area contributed by atoms with Crippen molar-refractivity contribution >= 4 is 11.8 Å². The lowest BCUT2D eigenvalue weighted by Crippen LogP contribution is -2.43. The van der Waals surface area contributed by atoms with Crippen LogP contribution in [-0.4, -0.2) is 21.7 Å². The molecular formula is C29H27N3O2. The highest BCUT2D eigenvalue weighted by atomic mass is 16.2. The van der Waals surface area contributed by atoms with Crippen LogP contribution in [0.25, 0.3) is 0 Å². The van der Waals surface area contributed by atoms with E-state index in [2.05, 4.69) is 10.3 Å². The normalized spacial score (nSPS) is 11.4. The largest absolute Gasteiger partial charge is 0.350 e. The monoisotopic (exact) mass is 449 g/mol. The molecule has 0 radical (unpaired) electrons. The van der Waals surface area contributed by atoms with Crippen LogP contribution in [0.5, 0.6) is 0 Å². The van der Waals surface area contributed by atoms with E-state index in [0.29, 0.717) is 13.1 Å². The van der Waals surface area contributed by atoms with E-state index >= 15 is 0 Å². The summed E-state index contributed by atoms with van der Waals surface area (Å²) >= 11 is 0. The molecule has 0 aliphatic rings. The third kappa shape index (κ3) is 6.17. The molecule has 1 unspecified atom stereocenters. The van der Waals surface area contributed by atoms with Gasteiger partial charge in [0.15, 0.2) is 0 Å². The minimum absolute atomic E-state index is 0.111. The van der Waals surface area contributed by atoms with Crippen molar-refractivity contribution in [1.29, 1.82) is 0 Å². The van der Waals surface area contributed by atoms with E-state index in [1.807, 2.05) is 103 Å². The third-order valence-electron chi connectivity index (χ3n) is 5.58. The molecule has 1 atom stereocenters. The number of aromatic nitrogens is 1. The average molecular weight is 450 g/mol. The molecule has 0 aliphatic heterocycles. The van der Waals surface area contributed by atoms with Crippen LogP contribution in [0.4, 0.5) is 0 Å². The van der Waals surface area contributed by atoms with E-state index in [4.69, 9.17) is 0 Å². The average Bonchev–Trinajstić information content (AvgIpc) is 2.89. The molecule has 1 N–H and O–H groups in total. The fourth-order valence-electron chi connectivity index (χ4n) is 3.87. The number of carbonyl (C=O) groups excluding carboxylic acids is 2. The van der Waals surface area contributed by atoms with Crippen LogP contribution < -0.4 is 5.32 Å². The number of nitrogens with one attached hydrogen (secondary N) is 1. The molecule has 4 rings (SSSR count). The SMILES string of the molecule is O=C(NCc1cccnc1)C(c1ccccc1)N(Cc1ccccc1)C(=O)Cc1ccccc1. The van der Waals surface area contributed by atoms with Crippen molar-refractivity contribution in [2.24, 2.45) is 0 Å². The minimum Gasteiger partial charge on any atom is -0.350 e. The van der Waals surface area contributed by atoms with Gasteiger partial charge in [0.05, 0.1) is 6.42 Å². The zero-order chi connectivity index (χ0) is 23.6. The van der Waals surface area contributed by atoms with Gasteiger partial charge in [0.2, 0.25) is 11.8 Å². The van der Waals surface area contributed by atoms with Crippen molar-refractivity contribution in [3.8, 4) is 0 Å². The van der Waals surface area contributed by atoms with Crippen molar-refractivity contribution in [3.63, 3.8) is 0 Å². The maximum Gasteiger partial charge on any atom is 0.247 e. The topological polar surface area (TPSA) is 62.3 Å². The lowest BCUT2D eigenvalue weighted by atomic mass is 10.0. The molecule has 0 spiro atoms. The Labute approximate surface area is 200 Å². The Morgan fingerprint density at radius 1 is 0.735 bits per heavy atom. The summed E-state index contributed by atoms with van der Waals surface area (Å²) in [5, 5.41) is 3.01. The van der Waals surface area contributed by atoms with Gasteiger partial charge in [-0.1, -0.05) is 97.1 Å². The van der Waals surface area contributed by atoms with Gasteiger partial charge in [-0.05, 0) is 28.3 Å². The second-order valence-electron chi connectivity index (χ2n) is 8.06. The molecule has 1 heterocycles. The van der Waals surface area contributed by atoms with E-state index in [1.54, 1.807) is 17.3 Å². The van der Waals surface area contributed by atoms with Gasteiger partial charge >= 0.3 is 0 Å². The Bertz CT molecular complexity index is 1180. The highest BCUT2D eigenvalue weighted by Gasteiger charge is 2.31. The number of carbonyl (C=O) groups is 2. The molecule has 4 aromatic rings. The van der Waals surface area contributed by atoms with Crippen LogP contribution >= 0.6 is 0 Å². The first-order chi connectivity index (χ1) is 16.7. The van der Waals surface area contributed by atoms with Gasteiger partial charge in [0.25, 0.3) is 0 Å². The number of rotatable bonds is 9. The maximum absolute atomic E-state index is 13.6. The first kappa shape index (κ1) is 22.9. The number of hydrogen-bond acceptors (Lipinski definition) is 3. The van der Waals surface area contributed by atoms with Crippen LogP contribution in [0.1, 0.15) is 28.3 Å². The zero-order valence-electron chi connectivity index (χ0n) is 18.9. The summed E-state index contributed by atoms with van der Waals surface area (Å²) in [7, 11) is 0. The van der Waals surface area contributed by atoms with E-state index in [9.17, 15) is 9.59 Å². The van der Waals surface area contributed by atoms with E-state index < -0.39 is 6.04 Å². The highest BCUT2D eigenvalue weighted by Crippen LogP contribution is 2.25. The van der Waals surface area contributed by atoms with Crippen molar-refractivity contribution in [3.05, 3.63) is 138 Å². The van der Waals surface area contributed by atoms with E-state index in [1.165, 1.54) is 0 Å². The molecule has 170 valence electrons. The van der Waals surface area contributed by atoms with Crippen molar-refractivity contribution in [2.45, 2.75) is 25.6 Å². The fraction of sp³-hybridized carbons (Fsp3) is 0.138. The molecule has 0 bridgehead atoms. The fourth-order valence-corrected chi connectivity index (χ4v) is 3.87. The Balaban J connectivity index is 1.66. The molecule has 1 aromatic heterocycles. The van der Waals surface area contributed by atoms with Crippen LogP contribution in [0, 0.1) is 0 Å². The zero-order valence-corrected chi connectivity index (χ0v) is 18.9. The van der Waals surface area contributed by atoms with Gasteiger partial charge in [-0.3, -0.25) is 14.6 Å². The number of amides is 2. The summed E-state index contributed by atoms with van der Waals surface area (Å²) in [6, 6.07) is 31.8. The van der Waals surface area contributed by atoms with E-state index in [-0.39, 0.29) is 18.2 Å². The van der Waals surface area contributed by atoms with Gasteiger partial charge in [0, 0.05) is 25.5 Å². The van der Waals surface area contributed by atoms with E-state index in [0.717, 1.165) is 22.3 Å². The quantitative estimate of drug-likeness (QED) is 0.403. The van der Waals surface area contributed by atoms with Gasteiger partial charge in [0.1, 0.15) is 6.04 Å². The Kier molecular flexibility index (Phi) is 7.80. The molecular weight excluding hydrogens is 422 g/mol. The van der Waals surface area contributed by atoms with Gasteiger partial charge < -0.3 is 10.2 Å². The second-order valence-corrected chi connectivity index (χ2v) is 8.06. The Hall–Kier alpha value is -4.25. The van der Waals surface area contributed by atoms with Crippen LogP contribution in [-0.2, 0) is 29.1 Å². The number of nitrogens with zero attached hydrogens (tertiary/aromatic N) is 2. The first-order valence-electron chi connectivity index (χ1n) is 11.3. The highest BCUT2D eigenvalue weighted by molar-refractivity contribution is 5.89. The summed E-state index contributed by atoms with van der Waals surface area (Å²) in [4.78, 5) is 33.0. The van der Waals surface area contributed by atoms with Crippen molar-refractivity contribution < 1.29 is 9.59 Å².